The molecule has 0 amide bonds. The van der Waals surface area contributed by atoms with Crippen LogP contribution in [0.15, 0.2) is 24.3 Å². The molecule has 1 aromatic carbocycles. The zero-order valence-electron chi connectivity index (χ0n) is 6.81. The highest BCUT2D eigenvalue weighted by Crippen LogP contribution is 2.12. The zero-order valence-corrected chi connectivity index (χ0v) is 9.56. The summed E-state index contributed by atoms with van der Waals surface area (Å²) in [7, 11) is 1.28. The van der Waals surface area contributed by atoms with Gasteiger partial charge in [-0.25, -0.2) is 0 Å². The Bertz CT molecular complexity index is 223. The number of benzene rings is 1. The van der Waals surface area contributed by atoms with Crippen LogP contribution in [0.4, 0.5) is 0 Å². The van der Waals surface area contributed by atoms with E-state index in [1.165, 1.54) is 33.8 Å². The highest BCUT2D eigenvalue weighted by molar-refractivity contribution is 6.17. The van der Waals surface area contributed by atoms with Crippen LogP contribution in [0.25, 0.3) is 0 Å². The molecule has 0 saturated carbocycles. The summed E-state index contributed by atoms with van der Waals surface area (Å²) in [5.74, 6) is 0.651. The van der Waals surface area contributed by atoms with E-state index in [0.717, 1.165) is 0 Å². The van der Waals surface area contributed by atoms with Gasteiger partial charge < -0.3 is 0 Å². The van der Waals surface area contributed by atoms with Crippen LogP contribution in [0.5, 0.6) is 0 Å². The van der Waals surface area contributed by atoms with Crippen molar-refractivity contribution in [1.82, 2.24) is 0 Å². The maximum Gasteiger partial charge on any atom is 0.0476 e. The van der Waals surface area contributed by atoms with Crippen LogP contribution in [0.1, 0.15) is 11.1 Å². The molecule has 2 heteroatoms. The molecule has 0 unspecified atom stereocenters. The van der Waals surface area contributed by atoms with Crippen molar-refractivity contribution >= 4 is 21.8 Å². The van der Waals surface area contributed by atoms with Gasteiger partial charge in [-0.05, 0) is 17.5 Å². The van der Waals surface area contributed by atoms with E-state index < -0.39 is 0 Å². The molecule has 0 heterocycles. The molecule has 0 radical (unpaired) electrons. The topological polar surface area (TPSA) is 0 Å². The number of rotatable bonds is 3. The first kappa shape index (κ1) is 8.82. The fourth-order valence-corrected chi connectivity index (χ4v) is 2.00. The lowest BCUT2D eigenvalue weighted by molar-refractivity contribution is 1.09. The maximum absolute atomic E-state index is 5.78. The molecule has 0 nitrogen and oxygen atoms in total. The van der Waals surface area contributed by atoms with E-state index in [0.29, 0.717) is 5.88 Å². The second-order valence-corrected chi connectivity index (χ2v) is 3.92. The van der Waals surface area contributed by atoms with Crippen molar-refractivity contribution in [2.24, 2.45) is 0 Å². The molecule has 0 N–H and O–H groups in total. The Balaban J connectivity index is 2.83. The Morgan fingerprint density at radius 2 is 1.82 bits per heavy atom. The molecular formula is C9H13ClSi. The first-order valence-corrected chi connectivity index (χ1v) is 5.96. The maximum atomic E-state index is 5.78. The van der Waals surface area contributed by atoms with Crippen LogP contribution >= 0.6 is 11.6 Å². The quantitative estimate of drug-likeness (QED) is 0.496. The van der Waals surface area contributed by atoms with E-state index in [1.54, 1.807) is 0 Å². The van der Waals surface area contributed by atoms with Gasteiger partial charge in [-0.2, -0.15) is 0 Å². The molecule has 60 valence electrons. The van der Waals surface area contributed by atoms with Gasteiger partial charge in [0.1, 0.15) is 0 Å². The number of hydrogen-bond donors (Lipinski definition) is 0. The van der Waals surface area contributed by atoms with Gasteiger partial charge in [0.05, 0.1) is 0 Å². The molecule has 0 aliphatic heterocycles. The lowest BCUT2D eigenvalue weighted by Crippen LogP contribution is -1.90. The molecule has 0 aromatic heterocycles. The molecule has 11 heavy (non-hydrogen) atoms. The van der Waals surface area contributed by atoms with Gasteiger partial charge in [-0.1, -0.05) is 30.3 Å². The Hall–Kier alpha value is -0.273. The van der Waals surface area contributed by atoms with Crippen molar-refractivity contribution in [2.75, 3.05) is 0 Å². The van der Waals surface area contributed by atoms with Crippen molar-refractivity contribution in [3.8, 4) is 0 Å². The largest absolute Gasteiger partial charge is 0.122 e. The minimum atomic E-state index is 0.651. The van der Waals surface area contributed by atoms with Gasteiger partial charge in [0.2, 0.25) is 0 Å². The third kappa shape index (κ3) is 2.35. The third-order valence-corrected chi connectivity index (χ3v) is 2.57. The van der Waals surface area contributed by atoms with Gasteiger partial charge in [-0.3, -0.25) is 0 Å². The Kier molecular flexibility index (Phi) is 3.67. The van der Waals surface area contributed by atoms with E-state index in [4.69, 9.17) is 11.6 Å². The number of alkyl halides is 1. The molecule has 0 saturated heterocycles. The van der Waals surface area contributed by atoms with Gasteiger partial charge in [0.25, 0.3) is 0 Å². The summed E-state index contributed by atoms with van der Waals surface area (Å²) in [6.07, 6.45) is 1.20. The predicted octanol–water partition coefficient (Wildman–Crippen LogP) is 1.75. The lowest BCUT2D eigenvalue weighted by Gasteiger charge is -2.03. The third-order valence-electron chi connectivity index (χ3n) is 1.78. The molecule has 1 rings (SSSR count). The molecule has 1 aromatic rings. The normalized spacial score (nSPS) is 10.3. The fraction of sp³-hybridized carbons (Fsp3) is 0.333. The molecule has 0 spiro atoms. The molecule has 0 fully saturated rings. The Morgan fingerprint density at radius 1 is 1.18 bits per heavy atom. The van der Waals surface area contributed by atoms with Gasteiger partial charge in [0.15, 0.2) is 0 Å². The average Bonchev–Trinajstić information content (AvgIpc) is 2.06. The smallest absolute Gasteiger partial charge is 0.0476 e. The zero-order chi connectivity index (χ0) is 8.10. The second-order valence-electron chi connectivity index (χ2n) is 2.65. The van der Waals surface area contributed by atoms with E-state index in [9.17, 15) is 0 Å². The molecule has 0 aliphatic carbocycles. The highest BCUT2D eigenvalue weighted by atomic mass is 35.5. The summed E-state index contributed by atoms with van der Waals surface area (Å²) in [5, 5.41) is 0. The summed E-state index contributed by atoms with van der Waals surface area (Å²) in [6, 6.07) is 9.75. The molecule has 0 bridgehead atoms. The summed E-state index contributed by atoms with van der Waals surface area (Å²) in [4.78, 5) is 0. The fourth-order valence-electron chi connectivity index (χ4n) is 1.20. The van der Waals surface area contributed by atoms with Crippen LogP contribution < -0.4 is 0 Å². The number of aryl methyl sites for hydroxylation is 1. The summed E-state index contributed by atoms with van der Waals surface area (Å²) in [6.45, 7) is 0. The SMILES string of the molecule is [SiH3]CCc1ccccc1CCl. The van der Waals surface area contributed by atoms with E-state index in [1.807, 2.05) is 6.07 Å². The second kappa shape index (κ2) is 4.57. The minimum Gasteiger partial charge on any atom is -0.122 e. The molecular weight excluding hydrogens is 172 g/mol. The van der Waals surface area contributed by atoms with Crippen molar-refractivity contribution in [1.29, 1.82) is 0 Å². The summed E-state index contributed by atoms with van der Waals surface area (Å²) in [5.41, 5.74) is 2.72. The van der Waals surface area contributed by atoms with Crippen LogP contribution in [-0.4, -0.2) is 10.2 Å². The number of hydrogen-bond acceptors (Lipinski definition) is 0. The number of halogens is 1. The predicted molar refractivity (Wildman–Crippen MR) is 54.4 cm³/mol. The van der Waals surface area contributed by atoms with Gasteiger partial charge in [-0.15, -0.1) is 11.6 Å². The minimum absolute atomic E-state index is 0.651. The lowest BCUT2D eigenvalue weighted by atomic mass is 10.1. The average molecular weight is 185 g/mol. The highest BCUT2D eigenvalue weighted by Gasteiger charge is 1.97. The molecule has 0 atom stereocenters. The van der Waals surface area contributed by atoms with Crippen LogP contribution in [0.3, 0.4) is 0 Å². The van der Waals surface area contributed by atoms with Crippen molar-refractivity contribution < 1.29 is 0 Å². The van der Waals surface area contributed by atoms with Gasteiger partial charge >= 0.3 is 0 Å². The van der Waals surface area contributed by atoms with E-state index in [-0.39, 0.29) is 0 Å². The van der Waals surface area contributed by atoms with E-state index >= 15 is 0 Å². The Morgan fingerprint density at radius 3 is 2.36 bits per heavy atom. The first-order valence-electron chi connectivity index (χ1n) is 4.01. The van der Waals surface area contributed by atoms with Gasteiger partial charge in [0, 0.05) is 16.1 Å². The van der Waals surface area contributed by atoms with Crippen LogP contribution in [0.2, 0.25) is 6.04 Å². The van der Waals surface area contributed by atoms with Crippen molar-refractivity contribution in [3.63, 3.8) is 0 Å². The van der Waals surface area contributed by atoms with Crippen LogP contribution in [0, 0.1) is 0 Å². The standard InChI is InChI=1S/C9H13ClSi/c10-7-9-4-2-1-3-8(9)5-6-11/h1-4H,5-7H2,11H3. The first-order chi connectivity index (χ1) is 5.38. The van der Waals surface area contributed by atoms with Crippen LogP contribution in [-0.2, 0) is 12.3 Å². The van der Waals surface area contributed by atoms with Crippen molar-refractivity contribution in [3.05, 3.63) is 35.4 Å². The Labute approximate surface area is 76.0 Å². The summed E-state index contributed by atoms with van der Waals surface area (Å²) < 4.78 is 0. The molecule has 0 aliphatic rings. The summed E-state index contributed by atoms with van der Waals surface area (Å²) >= 11 is 5.78. The van der Waals surface area contributed by atoms with Crippen molar-refractivity contribution in [2.45, 2.75) is 18.3 Å². The van der Waals surface area contributed by atoms with E-state index in [2.05, 4.69) is 18.2 Å². The monoisotopic (exact) mass is 184 g/mol.